The lowest BCUT2D eigenvalue weighted by Gasteiger charge is -2.23. The molecule has 2 aromatic carbocycles. The second-order valence-corrected chi connectivity index (χ2v) is 8.44. The molecule has 142 valence electrons. The fourth-order valence-corrected chi connectivity index (χ4v) is 4.37. The van der Waals surface area contributed by atoms with Gasteiger partial charge in [-0.3, -0.25) is 4.79 Å². The summed E-state index contributed by atoms with van der Waals surface area (Å²) in [6, 6.07) is 11.8. The molecule has 0 bridgehead atoms. The van der Waals surface area contributed by atoms with Gasteiger partial charge < -0.3 is 15.0 Å². The van der Waals surface area contributed by atoms with Gasteiger partial charge in [0.1, 0.15) is 11.6 Å². The van der Waals surface area contributed by atoms with Crippen molar-refractivity contribution >= 4 is 42.8 Å². The van der Waals surface area contributed by atoms with Crippen molar-refractivity contribution in [3.05, 3.63) is 67.1 Å². The van der Waals surface area contributed by atoms with Gasteiger partial charge in [0.15, 0.2) is 0 Å². The number of nitrogens with one attached hydrogen (secondary N) is 2. The van der Waals surface area contributed by atoms with Crippen LogP contribution in [0.25, 0.3) is 10.9 Å². The van der Waals surface area contributed by atoms with E-state index in [4.69, 9.17) is 4.74 Å². The number of benzene rings is 2. The Balaban J connectivity index is 1.86. The van der Waals surface area contributed by atoms with Gasteiger partial charge in [-0.2, -0.15) is 0 Å². The molecule has 0 spiro atoms. The van der Waals surface area contributed by atoms with Crippen LogP contribution < -0.4 is 15.6 Å². The van der Waals surface area contributed by atoms with Crippen molar-refractivity contribution in [2.24, 2.45) is 5.92 Å². The molecule has 0 saturated heterocycles. The van der Waals surface area contributed by atoms with Crippen molar-refractivity contribution in [3.63, 3.8) is 0 Å². The monoisotopic (exact) mass is 493 g/mol. The van der Waals surface area contributed by atoms with E-state index in [1.54, 1.807) is 13.2 Å². The Bertz CT molecular complexity index is 1000. The Morgan fingerprint density at radius 1 is 1.19 bits per heavy atom. The van der Waals surface area contributed by atoms with Crippen molar-refractivity contribution in [1.82, 2.24) is 15.3 Å². The third kappa shape index (κ3) is 4.59. The minimum atomic E-state index is -0.149. The van der Waals surface area contributed by atoms with Crippen LogP contribution in [0.1, 0.15) is 31.3 Å². The predicted molar refractivity (Wildman–Crippen MR) is 115 cm³/mol. The van der Waals surface area contributed by atoms with Gasteiger partial charge in [-0.25, -0.2) is 4.98 Å². The zero-order valence-corrected chi connectivity index (χ0v) is 18.5. The molecule has 5 nitrogen and oxygen atoms in total. The normalized spacial score (nSPS) is 12.5. The van der Waals surface area contributed by atoms with Crippen molar-refractivity contribution in [2.75, 3.05) is 7.11 Å². The number of hydrogen-bond donors (Lipinski definition) is 2. The zero-order valence-electron chi connectivity index (χ0n) is 15.3. The minimum Gasteiger partial charge on any atom is -0.497 e. The number of rotatable bonds is 6. The van der Waals surface area contributed by atoms with Crippen LogP contribution >= 0.6 is 31.9 Å². The van der Waals surface area contributed by atoms with Gasteiger partial charge >= 0.3 is 0 Å². The summed E-state index contributed by atoms with van der Waals surface area (Å²) < 4.78 is 6.85. The third-order valence-electron chi connectivity index (χ3n) is 4.41. The minimum absolute atomic E-state index is 0.130. The highest BCUT2D eigenvalue weighted by atomic mass is 79.9. The number of ether oxygens (including phenoxy) is 1. The van der Waals surface area contributed by atoms with Crippen LogP contribution in [0, 0.1) is 5.92 Å². The lowest BCUT2D eigenvalue weighted by atomic mass is 9.96. The molecule has 27 heavy (non-hydrogen) atoms. The smallest absolute Gasteiger partial charge is 0.258 e. The maximum atomic E-state index is 12.4. The van der Waals surface area contributed by atoms with E-state index in [0.717, 1.165) is 14.7 Å². The highest BCUT2D eigenvalue weighted by molar-refractivity contribution is 9.11. The first-order valence-corrected chi connectivity index (χ1v) is 10.2. The van der Waals surface area contributed by atoms with Crippen LogP contribution in [-0.4, -0.2) is 17.1 Å². The van der Waals surface area contributed by atoms with Gasteiger partial charge in [-0.1, -0.05) is 41.9 Å². The fourth-order valence-electron chi connectivity index (χ4n) is 3.05. The number of nitrogens with zero attached hydrogens (tertiary/aromatic N) is 1. The molecule has 2 N–H and O–H groups in total. The van der Waals surface area contributed by atoms with Crippen LogP contribution in [0.15, 0.2) is 50.1 Å². The molecule has 3 aromatic rings. The quantitative estimate of drug-likeness (QED) is 0.509. The summed E-state index contributed by atoms with van der Waals surface area (Å²) >= 11 is 6.90. The number of aromatic nitrogens is 2. The van der Waals surface area contributed by atoms with Gasteiger partial charge in [0, 0.05) is 15.0 Å². The molecule has 7 heteroatoms. The van der Waals surface area contributed by atoms with E-state index in [-0.39, 0.29) is 11.6 Å². The Hall–Kier alpha value is -1.70. The molecule has 3 rings (SSSR count). The molecule has 0 saturated carbocycles. The average Bonchev–Trinajstić information content (AvgIpc) is 2.63. The van der Waals surface area contributed by atoms with Crippen LogP contribution in [0.3, 0.4) is 0 Å². The first-order chi connectivity index (χ1) is 12.9. The Kier molecular flexibility index (Phi) is 6.34. The summed E-state index contributed by atoms with van der Waals surface area (Å²) in [5.74, 6) is 1.81. The summed E-state index contributed by atoms with van der Waals surface area (Å²) in [5, 5.41) is 4.07. The summed E-state index contributed by atoms with van der Waals surface area (Å²) in [4.78, 5) is 19.9. The van der Waals surface area contributed by atoms with Crippen LogP contribution in [0.2, 0.25) is 0 Å². The van der Waals surface area contributed by atoms with Crippen LogP contribution in [0.4, 0.5) is 0 Å². The molecule has 1 atom stereocenters. The molecule has 0 aliphatic rings. The van der Waals surface area contributed by atoms with Crippen molar-refractivity contribution < 1.29 is 4.74 Å². The molecule has 1 heterocycles. The lowest BCUT2D eigenvalue weighted by molar-refractivity contribution is 0.401. The van der Waals surface area contributed by atoms with E-state index in [0.29, 0.717) is 29.2 Å². The number of methoxy groups -OCH3 is 1. The second-order valence-electron chi connectivity index (χ2n) is 6.67. The Labute approximate surface area is 174 Å². The summed E-state index contributed by atoms with van der Waals surface area (Å²) in [6.45, 7) is 4.78. The molecule has 1 aromatic heterocycles. The third-order valence-corrected chi connectivity index (χ3v) is 5.47. The summed E-state index contributed by atoms with van der Waals surface area (Å²) in [6.07, 6.45) is 0. The molecular formula is C20H21Br2N3O2. The van der Waals surface area contributed by atoms with Crippen molar-refractivity contribution in [2.45, 2.75) is 26.4 Å². The highest BCUT2D eigenvalue weighted by Crippen LogP contribution is 2.26. The van der Waals surface area contributed by atoms with E-state index >= 15 is 0 Å². The average molecular weight is 495 g/mol. The largest absolute Gasteiger partial charge is 0.497 e. The standard InChI is InChI=1S/C20H21Br2N3O2/c1-11(2)18(12-4-6-14(27-3)7-5-12)23-10-17-24-19-15(20(26)25-17)8-13(21)9-16(19)22/h4-9,11,18,23H,10H2,1-3H3,(H,24,25,26)/t18-/m1/s1. The number of fused-ring (bicyclic) bond motifs is 1. The molecular weight excluding hydrogens is 474 g/mol. The first kappa shape index (κ1) is 20.0. The first-order valence-electron chi connectivity index (χ1n) is 8.64. The molecule has 0 radical (unpaired) electrons. The van der Waals surface area contributed by atoms with Gasteiger partial charge in [-0.15, -0.1) is 0 Å². The molecule has 0 amide bonds. The highest BCUT2D eigenvalue weighted by Gasteiger charge is 2.16. The predicted octanol–water partition coefficient (Wildman–Crippen LogP) is 4.94. The van der Waals surface area contributed by atoms with Gasteiger partial charge in [0.2, 0.25) is 0 Å². The SMILES string of the molecule is COc1ccc([C@H](NCc2nc3c(Br)cc(Br)cc3c(=O)[nH]2)C(C)C)cc1. The van der Waals surface area contributed by atoms with E-state index in [1.807, 2.05) is 18.2 Å². The fraction of sp³-hybridized carbons (Fsp3) is 0.300. The number of aromatic amines is 1. The van der Waals surface area contributed by atoms with Gasteiger partial charge in [0.25, 0.3) is 5.56 Å². The molecule has 0 aliphatic carbocycles. The van der Waals surface area contributed by atoms with E-state index in [2.05, 4.69) is 73.1 Å². The summed E-state index contributed by atoms with van der Waals surface area (Å²) in [5.41, 5.74) is 1.67. The number of halogens is 2. The van der Waals surface area contributed by atoms with Crippen molar-refractivity contribution in [3.8, 4) is 5.75 Å². The van der Waals surface area contributed by atoms with E-state index < -0.39 is 0 Å². The van der Waals surface area contributed by atoms with E-state index in [1.165, 1.54) is 5.56 Å². The maximum absolute atomic E-state index is 12.4. The van der Waals surface area contributed by atoms with Gasteiger partial charge in [-0.05, 0) is 51.7 Å². The Morgan fingerprint density at radius 2 is 1.89 bits per heavy atom. The van der Waals surface area contributed by atoms with E-state index in [9.17, 15) is 4.79 Å². The molecule has 0 fully saturated rings. The topological polar surface area (TPSA) is 67.0 Å². The number of H-pyrrole nitrogens is 1. The second kappa shape index (κ2) is 8.54. The molecule has 0 aliphatic heterocycles. The van der Waals surface area contributed by atoms with Crippen molar-refractivity contribution in [1.29, 1.82) is 0 Å². The van der Waals surface area contributed by atoms with Crippen LogP contribution in [-0.2, 0) is 6.54 Å². The molecule has 0 unspecified atom stereocenters. The Morgan fingerprint density at radius 3 is 2.52 bits per heavy atom. The number of hydrogen-bond acceptors (Lipinski definition) is 4. The van der Waals surface area contributed by atoms with Crippen LogP contribution in [0.5, 0.6) is 5.75 Å². The van der Waals surface area contributed by atoms with Gasteiger partial charge in [0.05, 0.1) is 24.6 Å². The maximum Gasteiger partial charge on any atom is 0.258 e. The zero-order chi connectivity index (χ0) is 19.6. The lowest BCUT2D eigenvalue weighted by Crippen LogP contribution is -2.27. The summed E-state index contributed by atoms with van der Waals surface area (Å²) in [7, 11) is 1.66.